The van der Waals surface area contributed by atoms with E-state index >= 15 is 0 Å². The molecule has 3 heteroatoms. The van der Waals surface area contributed by atoms with Crippen LogP contribution >= 0.6 is 0 Å². The number of nitrogens with zero attached hydrogens (tertiary/aromatic N) is 1. The van der Waals surface area contributed by atoms with Crippen LogP contribution in [0, 0.1) is 5.92 Å². The van der Waals surface area contributed by atoms with Gasteiger partial charge in [-0.15, -0.1) is 0 Å². The molecular weight excluding hydrogens is 188 g/mol. The second-order valence-corrected chi connectivity index (χ2v) is 5.16. The summed E-state index contributed by atoms with van der Waals surface area (Å²) in [5.74, 6) is 0.612. The van der Waals surface area contributed by atoms with Crippen molar-refractivity contribution in [3.05, 3.63) is 0 Å². The van der Waals surface area contributed by atoms with Crippen LogP contribution in [0.1, 0.15) is 33.1 Å². The highest BCUT2D eigenvalue weighted by Crippen LogP contribution is 2.26. The van der Waals surface area contributed by atoms with Gasteiger partial charge in [-0.3, -0.25) is 4.90 Å². The predicted molar refractivity (Wildman–Crippen MR) is 61.8 cm³/mol. The van der Waals surface area contributed by atoms with Crippen LogP contribution in [0.25, 0.3) is 0 Å². The van der Waals surface area contributed by atoms with Gasteiger partial charge < -0.3 is 10.5 Å². The Morgan fingerprint density at radius 1 is 1.27 bits per heavy atom. The third kappa shape index (κ3) is 2.35. The highest BCUT2D eigenvalue weighted by Gasteiger charge is 2.34. The van der Waals surface area contributed by atoms with Gasteiger partial charge in [0.05, 0.1) is 6.61 Å². The van der Waals surface area contributed by atoms with E-state index < -0.39 is 0 Å². The molecule has 0 saturated carbocycles. The maximum atomic E-state index is 6.10. The van der Waals surface area contributed by atoms with E-state index in [0.717, 1.165) is 26.2 Å². The van der Waals surface area contributed by atoms with Crippen LogP contribution in [0.3, 0.4) is 0 Å². The highest BCUT2D eigenvalue weighted by atomic mass is 16.5. The summed E-state index contributed by atoms with van der Waals surface area (Å²) in [6.45, 7) is 7.63. The van der Waals surface area contributed by atoms with Crippen molar-refractivity contribution >= 4 is 0 Å². The molecule has 4 unspecified atom stereocenters. The normalized spacial score (nSPS) is 44.2. The summed E-state index contributed by atoms with van der Waals surface area (Å²) in [6, 6.07) is 1.64. The first-order valence-corrected chi connectivity index (χ1v) is 6.29. The van der Waals surface area contributed by atoms with E-state index in [2.05, 4.69) is 18.7 Å². The molecular formula is C12H24N2O. The molecule has 3 nitrogen and oxygen atoms in total. The molecule has 88 valence electrons. The number of likely N-dealkylation sites (tertiary alicyclic amines) is 1. The van der Waals surface area contributed by atoms with Crippen LogP contribution in [0.4, 0.5) is 0 Å². The minimum atomic E-state index is 0.390. The predicted octanol–water partition coefficient (Wildman–Crippen LogP) is 1.22. The number of piperidine rings is 1. The average Bonchev–Trinajstić information content (AvgIpc) is 2.27. The molecule has 0 aliphatic carbocycles. The second kappa shape index (κ2) is 4.81. The lowest BCUT2D eigenvalue weighted by Gasteiger charge is -2.46. The lowest BCUT2D eigenvalue weighted by Crippen LogP contribution is -2.56. The fourth-order valence-electron chi connectivity index (χ4n) is 2.92. The minimum absolute atomic E-state index is 0.390. The number of rotatable bonds is 1. The minimum Gasteiger partial charge on any atom is -0.380 e. The quantitative estimate of drug-likeness (QED) is 0.710. The van der Waals surface area contributed by atoms with Crippen LogP contribution < -0.4 is 5.73 Å². The van der Waals surface area contributed by atoms with Crippen molar-refractivity contribution < 1.29 is 4.74 Å². The molecule has 0 amide bonds. The number of ether oxygens (including phenoxy) is 1. The Kier molecular flexibility index (Phi) is 3.65. The van der Waals surface area contributed by atoms with E-state index in [1.807, 2.05) is 0 Å². The third-order valence-electron chi connectivity index (χ3n) is 4.29. The molecule has 2 saturated heterocycles. The molecule has 2 aliphatic heterocycles. The van der Waals surface area contributed by atoms with Crippen LogP contribution in [-0.2, 0) is 4.74 Å². The van der Waals surface area contributed by atoms with Crippen molar-refractivity contribution in [3.63, 3.8) is 0 Å². The zero-order valence-corrected chi connectivity index (χ0v) is 9.98. The van der Waals surface area contributed by atoms with Crippen molar-refractivity contribution in [1.82, 2.24) is 4.90 Å². The van der Waals surface area contributed by atoms with E-state index in [4.69, 9.17) is 10.5 Å². The summed E-state index contributed by atoms with van der Waals surface area (Å²) >= 11 is 0. The average molecular weight is 212 g/mol. The molecule has 4 atom stereocenters. The Labute approximate surface area is 93.0 Å². The topological polar surface area (TPSA) is 38.5 Å². The van der Waals surface area contributed by atoms with Crippen molar-refractivity contribution in [2.24, 2.45) is 11.7 Å². The Morgan fingerprint density at radius 3 is 2.73 bits per heavy atom. The van der Waals surface area contributed by atoms with Gasteiger partial charge in [0, 0.05) is 31.3 Å². The van der Waals surface area contributed by atoms with Gasteiger partial charge >= 0.3 is 0 Å². The first-order chi connectivity index (χ1) is 7.20. The molecule has 0 aromatic heterocycles. The molecule has 0 radical (unpaired) electrons. The molecule has 0 bridgehead atoms. The highest BCUT2D eigenvalue weighted by molar-refractivity contribution is 4.90. The monoisotopic (exact) mass is 212 g/mol. The third-order valence-corrected chi connectivity index (χ3v) is 4.29. The molecule has 2 rings (SSSR count). The first-order valence-electron chi connectivity index (χ1n) is 6.29. The molecule has 2 heterocycles. The van der Waals surface area contributed by atoms with Gasteiger partial charge in [-0.1, -0.05) is 6.92 Å². The number of hydrogen-bond acceptors (Lipinski definition) is 3. The van der Waals surface area contributed by atoms with Crippen molar-refractivity contribution in [3.8, 4) is 0 Å². The number of hydrogen-bond donors (Lipinski definition) is 1. The molecule has 0 spiro atoms. The van der Waals surface area contributed by atoms with Gasteiger partial charge in [-0.2, -0.15) is 0 Å². The summed E-state index contributed by atoms with van der Waals surface area (Å²) in [5, 5.41) is 0. The zero-order valence-electron chi connectivity index (χ0n) is 9.98. The van der Waals surface area contributed by atoms with Gasteiger partial charge in [0.2, 0.25) is 0 Å². The molecule has 2 aliphatic rings. The van der Waals surface area contributed by atoms with E-state index in [0.29, 0.717) is 24.0 Å². The molecule has 15 heavy (non-hydrogen) atoms. The van der Waals surface area contributed by atoms with Crippen LogP contribution in [0.15, 0.2) is 0 Å². The van der Waals surface area contributed by atoms with Gasteiger partial charge in [0.15, 0.2) is 0 Å². The van der Waals surface area contributed by atoms with Crippen molar-refractivity contribution in [2.45, 2.75) is 51.2 Å². The van der Waals surface area contributed by atoms with E-state index in [-0.39, 0.29) is 0 Å². The second-order valence-electron chi connectivity index (χ2n) is 5.16. The summed E-state index contributed by atoms with van der Waals surface area (Å²) in [6.07, 6.45) is 3.66. The maximum Gasteiger partial charge on any atom is 0.0621 e. The summed E-state index contributed by atoms with van der Waals surface area (Å²) in [7, 11) is 0. The maximum absolute atomic E-state index is 6.10. The molecule has 0 aromatic rings. The van der Waals surface area contributed by atoms with E-state index in [1.54, 1.807) is 0 Å². The Morgan fingerprint density at radius 2 is 2.07 bits per heavy atom. The lowest BCUT2D eigenvalue weighted by molar-refractivity contribution is -0.0243. The van der Waals surface area contributed by atoms with E-state index in [9.17, 15) is 0 Å². The van der Waals surface area contributed by atoms with Crippen molar-refractivity contribution in [1.29, 1.82) is 0 Å². The molecule has 2 N–H and O–H groups in total. The summed E-state index contributed by atoms with van der Waals surface area (Å²) < 4.78 is 5.57. The Hall–Kier alpha value is -0.120. The van der Waals surface area contributed by atoms with Gasteiger partial charge in [-0.25, -0.2) is 0 Å². The standard InChI is InChI=1S/C12H24N2O/c1-9-10(2)14(6-5-12(9)13)11-4-3-7-15-8-11/h9-12H,3-8,13H2,1-2H3. The van der Waals surface area contributed by atoms with Gasteiger partial charge in [0.25, 0.3) is 0 Å². The van der Waals surface area contributed by atoms with Gasteiger partial charge in [0.1, 0.15) is 0 Å². The van der Waals surface area contributed by atoms with Crippen LogP contribution in [0.2, 0.25) is 0 Å². The summed E-state index contributed by atoms with van der Waals surface area (Å²) in [5.41, 5.74) is 6.10. The smallest absolute Gasteiger partial charge is 0.0621 e. The zero-order chi connectivity index (χ0) is 10.8. The molecule has 2 fully saturated rings. The first kappa shape index (κ1) is 11.4. The Balaban J connectivity index is 1.96. The summed E-state index contributed by atoms with van der Waals surface area (Å²) in [4.78, 5) is 2.62. The van der Waals surface area contributed by atoms with Crippen LogP contribution in [-0.4, -0.2) is 42.8 Å². The largest absolute Gasteiger partial charge is 0.380 e. The number of nitrogens with two attached hydrogens (primary N) is 1. The fraction of sp³-hybridized carbons (Fsp3) is 1.00. The SMILES string of the molecule is CC1C(N)CCN(C2CCCOC2)C1C. The van der Waals surface area contributed by atoms with Gasteiger partial charge in [-0.05, 0) is 32.1 Å². The lowest BCUT2D eigenvalue weighted by atomic mass is 9.86. The van der Waals surface area contributed by atoms with E-state index in [1.165, 1.54) is 12.8 Å². The Bertz CT molecular complexity index is 202. The molecule has 0 aromatic carbocycles. The van der Waals surface area contributed by atoms with Crippen molar-refractivity contribution in [2.75, 3.05) is 19.8 Å². The van der Waals surface area contributed by atoms with Crippen LogP contribution in [0.5, 0.6) is 0 Å². The fourth-order valence-corrected chi connectivity index (χ4v) is 2.92.